The molecule has 5 aromatic rings. The number of aryl methyl sites for hydroxylation is 2. The Kier molecular flexibility index (Phi) is 9.05. The molecule has 0 radical (unpaired) electrons. The molecule has 2 fully saturated rings. The molecule has 282 valence electrons. The number of nitrogens with one attached hydrogen (secondary N) is 3. The summed E-state index contributed by atoms with van der Waals surface area (Å²) in [4.78, 5) is 44.9. The van der Waals surface area contributed by atoms with Gasteiger partial charge in [0.25, 0.3) is 0 Å². The summed E-state index contributed by atoms with van der Waals surface area (Å²) in [6.07, 6.45) is 7.76. The van der Waals surface area contributed by atoms with Gasteiger partial charge in [-0.15, -0.1) is 0 Å². The molecule has 3 heterocycles. The first-order valence-corrected chi connectivity index (χ1v) is 19.6. The molecule has 10 heteroatoms. The highest BCUT2D eigenvalue weighted by Crippen LogP contribution is 2.41. The van der Waals surface area contributed by atoms with Gasteiger partial charge in [0.1, 0.15) is 28.4 Å². The molecule has 8 rings (SSSR count). The van der Waals surface area contributed by atoms with Crippen molar-refractivity contribution < 1.29 is 19.1 Å². The van der Waals surface area contributed by atoms with Gasteiger partial charge >= 0.3 is 12.2 Å². The predicted molar refractivity (Wildman–Crippen MR) is 211 cm³/mol. The number of aromatic amines is 2. The Labute approximate surface area is 317 Å². The lowest BCUT2D eigenvalue weighted by atomic mass is 9.81. The third-order valence-corrected chi connectivity index (χ3v) is 10.9. The number of hydrogen-bond acceptors (Lipinski definition) is 6. The van der Waals surface area contributed by atoms with E-state index < -0.39 is 22.8 Å². The van der Waals surface area contributed by atoms with Crippen molar-refractivity contribution in [1.29, 1.82) is 0 Å². The molecule has 54 heavy (non-hydrogen) atoms. The molecule has 10 nitrogen and oxygen atoms in total. The van der Waals surface area contributed by atoms with Crippen LogP contribution in [0.4, 0.5) is 9.59 Å². The molecule has 2 aromatic heterocycles. The van der Waals surface area contributed by atoms with Gasteiger partial charge in [0.15, 0.2) is 0 Å². The fourth-order valence-corrected chi connectivity index (χ4v) is 8.40. The summed E-state index contributed by atoms with van der Waals surface area (Å²) in [7, 11) is 0. The zero-order valence-corrected chi connectivity index (χ0v) is 32.4. The minimum absolute atomic E-state index is 0.122. The van der Waals surface area contributed by atoms with Crippen LogP contribution in [0.15, 0.2) is 60.7 Å². The van der Waals surface area contributed by atoms with Crippen LogP contribution in [-0.4, -0.2) is 54.8 Å². The Morgan fingerprint density at radius 1 is 0.778 bits per heavy atom. The van der Waals surface area contributed by atoms with Crippen LogP contribution >= 0.6 is 0 Å². The molecule has 3 aliphatic rings. The lowest BCUT2D eigenvalue weighted by Gasteiger charge is -2.36. The number of aromatic nitrogens is 4. The average Bonchev–Trinajstić information content (AvgIpc) is 3.89. The lowest BCUT2D eigenvalue weighted by molar-refractivity contribution is 0.0218. The summed E-state index contributed by atoms with van der Waals surface area (Å²) in [5.41, 5.74) is 9.34. The number of benzene rings is 3. The topological polar surface area (TPSA) is 125 Å². The Morgan fingerprint density at radius 2 is 1.44 bits per heavy atom. The van der Waals surface area contributed by atoms with Crippen molar-refractivity contribution in [3.05, 3.63) is 83.6 Å². The quantitative estimate of drug-likeness (QED) is 0.165. The number of amides is 2. The normalized spacial score (nSPS) is 18.3. The van der Waals surface area contributed by atoms with Gasteiger partial charge in [0.2, 0.25) is 0 Å². The van der Waals surface area contributed by atoms with Crippen LogP contribution in [-0.2, 0) is 27.9 Å². The predicted octanol–water partition coefficient (Wildman–Crippen LogP) is 10.1. The van der Waals surface area contributed by atoms with Crippen molar-refractivity contribution in [1.82, 2.24) is 30.2 Å². The second-order valence-electron chi connectivity index (χ2n) is 17.3. The van der Waals surface area contributed by atoms with E-state index in [0.717, 1.165) is 109 Å². The van der Waals surface area contributed by atoms with Crippen LogP contribution in [0.25, 0.3) is 44.5 Å². The zero-order chi connectivity index (χ0) is 37.8. The SMILES string of the molecule is CC(C)(C)OC(=O)NC1(c2nc3c([nH]2)-c2ccc(-c4ccc(-c5ccc6nc(C7CCCN7C(=O)OC(C)(C)C)[nH]c6c5)cc4)cc2CC3)CCCCC1. The molecule has 1 aliphatic heterocycles. The molecule has 0 bridgehead atoms. The van der Waals surface area contributed by atoms with Gasteiger partial charge < -0.3 is 24.8 Å². The van der Waals surface area contributed by atoms with Crippen molar-refractivity contribution in [2.24, 2.45) is 0 Å². The maximum absolute atomic E-state index is 13.0. The van der Waals surface area contributed by atoms with Gasteiger partial charge in [-0.1, -0.05) is 67.8 Å². The van der Waals surface area contributed by atoms with Crippen molar-refractivity contribution in [2.75, 3.05) is 6.54 Å². The zero-order valence-electron chi connectivity index (χ0n) is 32.4. The molecular weight excluding hydrogens is 677 g/mol. The highest BCUT2D eigenvalue weighted by Gasteiger charge is 2.41. The van der Waals surface area contributed by atoms with Gasteiger partial charge in [0.05, 0.1) is 28.5 Å². The van der Waals surface area contributed by atoms with Crippen LogP contribution in [0.2, 0.25) is 0 Å². The minimum atomic E-state index is -0.567. The molecular formula is C44H52N6O4. The van der Waals surface area contributed by atoms with Crippen molar-refractivity contribution in [3.63, 3.8) is 0 Å². The molecule has 1 unspecified atom stereocenters. The van der Waals surface area contributed by atoms with Crippen LogP contribution in [0.1, 0.15) is 115 Å². The second kappa shape index (κ2) is 13.6. The number of imidazole rings is 2. The number of carbonyl (C=O) groups excluding carboxylic acids is 2. The second-order valence-corrected chi connectivity index (χ2v) is 17.3. The maximum atomic E-state index is 13.0. The third kappa shape index (κ3) is 7.22. The van der Waals surface area contributed by atoms with E-state index in [1.165, 1.54) is 16.7 Å². The van der Waals surface area contributed by atoms with E-state index in [-0.39, 0.29) is 12.1 Å². The first-order chi connectivity index (χ1) is 25.7. The summed E-state index contributed by atoms with van der Waals surface area (Å²) in [6, 6.07) is 21.6. The number of rotatable bonds is 5. The third-order valence-electron chi connectivity index (χ3n) is 10.9. The van der Waals surface area contributed by atoms with Gasteiger partial charge in [-0.2, -0.15) is 0 Å². The van der Waals surface area contributed by atoms with E-state index >= 15 is 0 Å². The van der Waals surface area contributed by atoms with Gasteiger partial charge in [-0.3, -0.25) is 4.90 Å². The Morgan fingerprint density at radius 3 is 2.15 bits per heavy atom. The Bertz CT molecular complexity index is 2200. The first-order valence-electron chi connectivity index (χ1n) is 19.6. The smallest absolute Gasteiger partial charge is 0.410 e. The van der Waals surface area contributed by atoms with E-state index in [9.17, 15) is 9.59 Å². The molecule has 3 N–H and O–H groups in total. The lowest BCUT2D eigenvalue weighted by Crippen LogP contribution is -2.49. The highest BCUT2D eigenvalue weighted by molar-refractivity contribution is 5.83. The van der Waals surface area contributed by atoms with Gasteiger partial charge in [0, 0.05) is 12.1 Å². The van der Waals surface area contributed by atoms with Gasteiger partial charge in [-0.25, -0.2) is 19.6 Å². The molecule has 2 aliphatic carbocycles. The van der Waals surface area contributed by atoms with Crippen LogP contribution in [0.5, 0.6) is 0 Å². The summed E-state index contributed by atoms with van der Waals surface area (Å²) >= 11 is 0. The Balaban J connectivity index is 0.999. The average molecular weight is 729 g/mol. The summed E-state index contributed by atoms with van der Waals surface area (Å²) in [5.74, 6) is 1.65. The van der Waals surface area contributed by atoms with Crippen molar-refractivity contribution in [3.8, 4) is 33.5 Å². The number of ether oxygens (including phenoxy) is 2. The number of fused-ring (bicyclic) bond motifs is 4. The summed E-state index contributed by atoms with van der Waals surface area (Å²) in [6.45, 7) is 12.0. The van der Waals surface area contributed by atoms with E-state index in [2.05, 4.69) is 69.9 Å². The highest BCUT2D eigenvalue weighted by atomic mass is 16.6. The number of likely N-dealkylation sites (tertiary alicyclic amines) is 1. The number of hydrogen-bond donors (Lipinski definition) is 3. The van der Waals surface area contributed by atoms with E-state index in [4.69, 9.17) is 19.4 Å². The number of H-pyrrole nitrogens is 2. The van der Waals surface area contributed by atoms with E-state index in [1.807, 2.05) is 47.6 Å². The number of carbonyl (C=O) groups is 2. The van der Waals surface area contributed by atoms with Crippen LogP contribution in [0.3, 0.4) is 0 Å². The summed E-state index contributed by atoms with van der Waals surface area (Å²) < 4.78 is 11.4. The molecule has 0 spiro atoms. The molecule has 1 atom stereocenters. The van der Waals surface area contributed by atoms with Crippen molar-refractivity contribution in [2.45, 2.75) is 122 Å². The number of alkyl carbamates (subject to hydrolysis) is 1. The van der Waals surface area contributed by atoms with E-state index in [1.54, 1.807) is 4.90 Å². The minimum Gasteiger partial charge on any atom is -0.444 e. The van der Waals surface area contributed by atoms with Crippen molar-refractivity contribution >= 4 is 23.2 Å². The molecule has 1 saturated carbocycles. The fourth-order valence-electron chi connectivity index (χ4n) is 8.40. The first kappa shape index (κ1) is 35.9. The fraction of sp³-hybridized carbons (Fsp3) is 0.455. The van der Waals surface area contributed by atoms with E-state index in [0.29, 0.717) is 6.54 Å². The molecule has 3 aromatic carbocycles. The largest absolute Gasteiger partial charge is 0.444 e. The summed E-state index contributed by atoms with van der Waals surface area (Å²) in [5, 5.41) is 3.24. The van der Waals surface area contributed by atoms with Crippen LogP contribution in [0, 0.1) is 0 Å². The molecule has 1 saturated heterocycles. The van der Waals surface area contributed by atoms with Crippen LogP contribution < -0.4 is 5.32 Å². The monoisotopic (exact) mass is 728 g/mol. The Hall–Kier alpha value is -5.12. The number of nitrogens with zero attached hydrogens (tertiary/aromatic N) is 3. The molecule has 2 amide bonds. The maximum Gasteiger partial charge on any atom is 0.410 e. The van der Waals surface area contributed by atoms with Gasteiger partial charge in [-0.05, 0) is 120 Å². The standard InChI is InChI=1S/C44H52N6O4/c1-42(2,3)53-40(51)49-44(22-8-7-9-23-44)39-47-34-21-18-31-25-29(16-19-32(31)37(34)48-39)27-12-14-28(15-13-27)30-17-20-33-35(26-30)46-38(45-33)36-11-10-24-50(36)41(52)54-43(4,5)6/h12-17,19-20,25-26,36H,7-11,18,21-24H2,1-6H3,(H,45,46)(H,47,48)(H,49,51).